The molecule has 9 amide bonds. The SMILES string of the molecule is CC(C)C[C@H]1C(=O)N[C@@H](COC(C)(C)C)C(=O)N[C@H](C(=O)N2CCCCC2)CSCC(=O)N(C)[C@@H](C)C(=O)N[C@@H](Cc2ccccc2)C(=O)N(C)[C@@H](CC(C)C)C(=O)N[C@@H]([C@@H](C)O)C(=O)N(C)CC(=O)N1C.[HH].[HH].[HH].[HH]. The van der Waals surface area contributed by atoms with Gasteiger partial charge in [-0.1, -0.05) is 58.0 Å². The van der Waals surface area contributed by atoms with Crippen molar-refractivity contribution in [1.29, 1.82) is 0 Å². The van der Waals surface area contributed by atoms with Gasteiger partial charge in [-0.25, -0.2) is 0 Å². The number of nitrogens with zero attached hydrogens (tertiary/aromatic N) is 5. The van der Waals surface area contributed by atoms with Crippen LogP contribution in [-0.2, 0) is 54.3 Å². The standard InChI is InChI=1S/C51H83N9O11S.4H2/c1-31(2)24-39-46(66)53-37(28-71-51(7,8)9)45(65)54-38(49(69)60-22-18-15-19-23-60)29-72-30-42(63)57(11)33(5)44(64)52-36(26-35-20-16-14-17-21-35)48(68)59(13)40(25-32(3)4)47(67)55-43(34(6)61)50(70)56(10)27-41(62)58(39)12;;;;/h14,16-17,20-21,31-34,36-40,43,61H,15,18-19,22-30H2,1-13H3,(H,52,64)(H,53,66)(H,54,65)(H,55,67);4*1H/t33-,34+,36-,37-,38-,39-,40-,43-;;;;/m0..../s1. The third-order valence-electron chi connectivity index (χ3n) is 12.8. The smallest absolute Gasteiger partial charge is 0.248 e. The number of hydrogen-bond donors (Lipinski definition) is 5. The lowest BCUT2D eigenvalue weighted by molar-refractivity contribution is -0.147. The van der Waals surface area contributed by atoms with Crippen molar-refractivity contribution in [2.75, 3.05) is 65.9 Å². The van der Waals surface area contributed by atoms with Crippen LogP contribution in [0.15, 0.2) is 30.3 Å². The van der Waals surface area contributed by atoms with Gasteiger partial charge in [0.25, 0.3) is 0 Å². The Bertz CT molecular complexity index is 2050. The van der Waals surface area contributed by atoms with Gasteiger partial charge in [0, 0.05) is 59.2 Å². The Labute approximate surface area is 436 Å². The van der Waals surface area contributed by atoms with E-state index in [1.807, 2.05) is 27.7 Å². The molecule has 0 aromatic heterocycles. The summed E-state index contributed by atoms with van der Waals surface area (Å²) in [6.07, 6.45) is 1.32. The molecule has 20 nitrogen and oxygen atoms in total. The van der Waals surface area contributed by atoms with E-state index in [-0.39, 0.29) is 60.8 Å². The second-order valence-corrected chi connectivity index (χ2v) is 22.1. The Kier molecular flexibility index (Phi) is 23.9. The van der Waals surface area contributed by atoms with E-state index in [1.165, 1.54) is 56.7 Å². The zero-order valence-corrected chi connectivity index (χ0v) is 45.6. The largest absolute Gasteiger partial charge is 0.391 e. The molecule has 0 radical (unpaired) electrons. The maximum Gasteiger partial charge on any atom is 0.248 e. The molecule has 2 heterocycles. The molecule has 2 aliphatic rings. The topological polar surface area (TPSA) is 247 Å². The fourth-order valence-electron chi connectivity index (χ4n) is 8.28. The van der Waals surface area contributed by atoms with E-state index in [4.69, 9.17) is 4.74 Å². The third kappa shape index (κ3) is 18.6. The zero-order valence-electron chi connectivity index (χ0n) is 44.8. The first-order chi connectivity index (χ1) is 33.6. The number of piperidine rings is 1. The molecule has 0 bridgehead atoms. The quantitative estimate of drug-likeness (QED) is 0.226. The van der Waals surface area contributed by atoms with Crippen LogP contribution in [0.5, 0.6) is 0 Å². The minimum Gasteiger partial charge on any atom is -0.391 e. The minimum absolute atomic E-state index is 0. The lowest BCUT2D eigenvalue weighted by Gasteiger charge is -2.35. The highest BCUT2D eigenvalue weighted by Crippen LogP contribution is 2.19. The van der Waals surface area contributed by atoms with Crippen LogP contribution in [0, 0.1) is 11.8 Å². The fraction of sp³-hybridized carbons (Fsp3) is 0.706. The van der Waals surface area contributed by atoms with Gasteiger partial charge in [0.2, 0.25) is 53.2 Å². The summed E-state index contributed by atoms with van der Waals surface area (Å²) < 4.78 is 6.02. The summed E-state index contributed by atoms with van der Waals surface area (Å²) in [7, 11) is 5.59. The van der Waals surface area contributed by atoms with Crippen molar-refractivity contribution in [2.45, 2.75) is 155 Å². The molecule has 0 saturated carbocycles. The van der Waals surface area contributed by atoms with Crippen molar-refractivity contribution in [2.24, 2.45) is 11.8 Å². The number of carbonyl (C=O) groups excluding carboxylic acids is 9. The zero-order chi connectivity index (χ0) is 54.2. The number of thioether (sulfide) groups is 1. The van der Waals surface area contributed by atoms with Crippen LogP contribution in [0.3, 0.4) is 0 Å². The van der Waals surface area contributed by atoms with Crippen LogP contribution < -0.4 is 21.3 Å². The first-order valence-electron chi connectivity index (χ1n) is 25.1. The predicted molar refractivity (Wildman–Crippen MR) is 283 cm³/mol. The molecule has 2 aliphatic heterocycles. The van der Waals surface area contributed by atoms with Crippen molar-refractivity contribution in [3.63, 3.8) is 0 Å². The van der Waals surface area contributed by atoms with Crippen LogP contribution in [0.1, 0.15) is 106 Å². The van der Waals surface area contributed by atoms with E-state index in [1.54, 1.807) is 56.0 Å². The summed E-state index contributed by atoms with van der Waals surface area (Å²) in [5.41, 5.74) is -0.0557. The molecule has 1 aromatic rings. The van der Waals surface area contributed by atoms with Crippen LogP contribution in [0.2, 0.25) is 0 Å². The Balaban J connectivity index is 0. The summed E-state index contributed by atoms with van der Waals surface area (Å²) in [6.45, 7) is 15.6. The summed E-state index contributed by atoms with van der Waals surface area (Å²) in [6, 6.07) is 0.233. The molecule has 3 rings (SSSR count). The Morgan fingerprint density at radius 3 is 1.83 bits per heavy atom. The average Bonchev–Trinajstić information content (AvgIpc) is 3.32. The van der Waals surface area contributed by atoms with Crippen molar-refractivity contribution >= 4 is 64.9 Å². The number of amides is 9. The van der Waals surface area contributed by atoms with Crippen LogP contribution in [-0.4, -0.2) is 203 Å². The van der Waals surface area contributed by atoms with Gasteiger partial charge < -0.3 is 55.6 Å². The second kappa shape index (κ2) is 28.2. The van der Waals surface area contributed by atoms with E-state index >= 15 is 0 Å². The molecule has 0 unspecified atom stereocenters. The molecule has 412 valence electrons. The van der Waals surface area contributed by atoms with E-state index in [0.29, 0.717) is 18.7 Å². The molecule has 21 heteroatoms. The predicted octanol–water partition coefficient (Wildman–Crippen LogP) is 2.16. The van der Waals surface area contributed by atoms with Gasteiger partial charge in [0.05, 0.1) is 30.6 Å². The third-order valence-corrected chi connectivity index (χ3v) is 13.8. The lowest BCUT2D eigenvalue weighted by Crippen LogP contribution is -2.61. The Morgan fingerprint density at radius 2 is 1.28 bits per heavy atom. The molecule has 72 heavy (non-hydrogen) atoms. The van der Waals surface area contributed by atoms with Gasteiger partial charge in [-0.3, -0.25) is 43.2 Å². The molecule has 2 fully saturated rings. The Hall–Kier alpha value is -5.28. The van der Waals surface area contributed by atoms with Crippen molar-refractivity contribution in [3.8, 4) is 0 Å². The van der Waals surface area contributed by atoms with Crippen LogP contribution in [0.25, 0.3) is 0 Å². The number of likely N-dealkylation sites (N-methyl/N-ethyl adjacent to an activating group) is 4. The van der Waals surface area contributed by atoms with Crippen molar-refractivity contribution < 1.29 is 58.7 Å². The minimum atomic E-state index is -1.57. The number of aliphatic hydroxyl groups excluding tert-OH is 1. The van der Waals surface area contributed by atoms with Crippen molar-refractivity contribution in [1.82, 2.24) is 45.8 Å². The van der Waals surface area contributed by atoms with Crippen molar-refractivity contribution in [3.05, 3.63) is 35.9 Å². The molecule has 8 atom stereocenters. The highest BCUT2D eigenvalue weighted by atomic mass is 32.2. The van der Waals surface area contributed by atoms with Crippen LogP contribution >= 0.6 is 11.8 Å². The number of rotatable bonds is 10. The normalized spacial score (nSPS) is 25.8. The maximum atomic E-state index is 14.6. The maximum absolute atomic E-state index is 14.6. The molecular formula is C51H91N9O11S. The number of aliphatic hydroxyl groups is 1. The molecule has 0 aliphatic carbocycles. The summed E-state index contributed by atoms with van der Waals surface area (Å²) >= 11 is 1.08. The number of carbonyl (C=O) groups is 9. The van der Waals surface area contributed by atoms with E-state index in [2.05, 4.69) is 21.3 Å². The lowest BCUT2D eigenvalue weighted by atomic mass is 9.98. The highest BCUT2D eigenvalue weighted by Gasteiger charge is 2.39. The number of benzene rings is 1. The monoisotopic (exact) mass is 1040 g/mol. The first-order valence-corrected chi connectivity index (χ1v) is 26.3. The molecule has 0 spiro atoms. The molecule has 1 aromatic carbocycles. The van der Waals surface area contributed by atoms with Gasteiger partial charge in [-0.2, -0.15) is 0 Å². The molecule has 5 N–H and O–H groups in total. The summed E-state index contributed by atoms with van der Waals surface area (Å²) in [4.78, 5) is 134. The first kappa shape index (κ1) is 61.0. The Morgan fingerprint density at radius 1 is 0.722 bits per heavy atom. The summed E-state index contributed by atoms with van der Waals surface area (Å²) in [5.74, 6) is -6.33. The number of ether oxygens (including phenoxy) is 1. The average molecular weight is 1040 g/mol. The van der Waals surface area contributed by atoms with E-state index in [9.17, 15) is 48.3 Å². The molecular weight excluding hydrogens is 947 g/mol. The highest BCUT2D eigenvalue weighted by molar-refractivity contribution is 8.00. The molecule has 2 saturated heterocycles. The van der Waals surface area contributed by atoms with Gasteiger partial charge in [0.15, 0.2) is 0 Å². The van der Waals surface area contributed by atoms with E-state index < -0.39 is 108 Å². The number of hydrogen-bond acceptors (Lipinski definition) is 12. The number of nitrogens with one attached hydrogen (secondary N) is 4. The van der Waals surface area contributed by atoms with E-state index in [0.717, 1.165) is 35.9 Å². The second-order valence-electron chi connectivity index (χ2n) is 21.0. The van der Waals surface area contributed by atoms with Gasteiger partial charge in [-0.15, -0.1) is 11.8 Å². The summed E-state index contributed by atoms with van der Waals surface area (Å²) in [5, 5.41) is 22.0. The van der Waals surface area contributed by atoms with Crippen LogP contribution in [0.4, 0.5) is 0 Å². The van der Waals surface area contributed by atoms with Gasteiger partial charge in [-0.05, 0) is 84.1 Å². The number of likely N-dealkylation sites (tertiary alicyclic amines) is 1. The van der Waals surface area contributed by atoms with Gasteiger partial charge >= 0.3 is 0 Å². The van der Waals surface area contributed by atoms with Gasteiger partial charge in [0.1, 0.15) is 42.3 Å². The fourth-order valence-corrected chi connectivity index (χ4v) is 9.24.